The van der Waals surface area contributed by atoms with Gasteiger partial charge in [-0.05, 0) is 117 Å². The van der Waals surface area contributed by atoms with Crippen LogP contribution < -0.4 is 20.1 Å². The van der Waals surface area contributed by atoms with Crippen LogP contribution in [-0.4, -0.2) is 88.8 Å². The average Bonchev–Trinajstić information content (AvgIpc) is 3.77. The van der Waals surface area contributed by atoms with Gasteiger partial charge in [-0.15, -0.1) is 0 Å². The second-order valence-electron chi connectivity index (χ2n) is 18.0. The fourth-order valence-corrected chi connectivity index (χ4v) is 9.82. The number of fused-ring (bicyclic) bond motifs is 1. The first-order valence-electron chi connectivity index (χ1n) is 23.0. The van der Waals surface area contributed by atoms with Crippen LogP contribution in [0.15, 0.2) is 78.9 Å². The van der Waals surface area contributed by atoms with E-state index in [-0.39, 0.29) is 59.8 Å². The van der Waals surface area contributed by atoms with Crippen molar-refractivity contribution < 1.29 is 41.0 Å². The standard InChI is InChI=1S/C50H60ClF5N6O4/c1-5-8-33(3)59-21-17-40(18-22-59)62(49(64)58-44-12-7-11-42(51)47(44)53)29-35-9-6-10-37(26-35)32(2)25-34(4)60-23-19-39(20-24-60)61(30-36-13-16-45-46(27-36)66-31-65-45)48(63)57-38-14-15-43(52)41(28-38)50(54,55)56/h6-7,9-16,26-28,32-34,39-40H,5,8,17-25,29-31H2,1-4H3,(H,57,63)(H,58,64). The number of ether oxygens (including phenoxy) is 2. The van der Waals surface area contributed by atoms with Crippen LogP contribution in [-0.2, 0) is 19.3 Å². The summed E-state index contributed by atoms with van der Waals surface area (Å²) in [4.78, 5) is 36.3. The number of benzene rings is 4. The van der Waals surface area contributed by atoms with Crippen molar-refractivity contribution in [2.45, 2.75) is 122 Å². The Morgan fingerprint density at radius 2 is 1.36 bits per heavy atom. The van der Waals surface area contributed by atoms with E-state index in [1.807, 2.05) is 23.1 Å². The van der Waals surface area contributed by atoms with Gasteiger partial charge in [0.25, 0.3) is 0 Å². The molecule has 10 nitrogen and oxygen atoms in total. The minimum atomic E-state index is -4.92. The fraction of sp³-hybridized carbons (Fsp3) is 0.480. The second kappa shape index (κ2) is 21.7. The Kier molecular flexibility index (Phi) is 16.0. The highest BCUT2D eigenvalue weighted by atomic mass is 35.5. The zero-order valence-corrected chi connectivity index (χ0v) is 38.7. The molecule has 0 saturated carbocycles. The summed E-state index contributed by atoms with van der Waals surface area (Å²) in [6.07, 6.45) is 1.00. The van der Waals surface area contributed by atoms with E-state index in [0.717, 1.165) is 68.0 Å². The molecular weight excluding hydrogens is 879 g/mol. The molecule has 0 bridgehead atoms. The predicted molar refractivity (Wildman–Crippen MR) is 247 cm³/mol. The Morgan fingerprint density at radius 3 is 2.02 bits per heavy atom. The number of hydrogen-bond donors (Lipinski definition) is 2. The smallest absolute Gasteiger partial charge is 0.419 e. The van der Waals surface area contributed by atoms with Gasteiger partial charge in [0.2, 0.25) is 6.79 Å². The Bertz CT molecular complexity index is 2300. The number of amides is 4. The van der Waals surface area contributed by atoms with E-state index >= 15 is 0 Å². The van der Waals surface area contributed by atoms with Gasteiger partial charge in [-0.2, -0.15) is 13.2 Å². The third-order valence-electron chi connectivity index (χ3n) is 13.4. The molecule has 2 fully saturated rings. The maximum atomic E-state index is 15.0. The Balaban J connectivity index is 1.00. The second-order valence-corrected chi connectivity index (χ2v) is 18.4. The number of piperidine rings is 2. The van der Waals surface area contributed by atoms with Crippen molar-refractivity contribution in [3.8, 4) is 11.5 Å². The van der Waals surface area contributed by atoms with Crippen molar-refractivity contribution in [3.63, 3.8) is 0 Å². The molecular formula is C50H60ClF5N6O4. The number of urea groups is 2. The molecule has 4 amide bonds. The molecule has 2 N–H and O–H groups in total. The minimum Gasteiger partial charge on any atom is -0.454 e. The molecule has 7 rings (SSSR count). The number of anilines is 2. The van der Waals surface area contributed by atoms with Gasteiger partial charge >= 0.3 is 18.2 Å². The summed E-state index contributed by atoms with van der Waals surface area (Å²) in [5, 5.41) is 5.34. The van der Waals surface area contributed by atoms with Crippen molar-refractivity contribution in [2.24, 2.45) is 0 Å². The molecule has 4 aromatic rings. The van der Waals surface area contributed by atoms with Crippen molar-refractivity contribution in [1.29, 1.82) is 0 Å². The lowest BCUT2D eigenvalue weighted by atomic mass is 9.91. The van der Waals surface area contributed by atoms with Gasteiger partial charge < -0.3 is 39.7 Å². The molecule has 0 spiro atoms. The third-order valence-corrected chi connectivity index (χ3v) is 13.7. The molecule has 3 aliphatic rings. The maximum Gasteiger partial charge on any atom is 0.419 e. The number of nitrogens with one attached hydrogen (secondary N) is 2. The first-order chi connectivity index (χ1) is 31.6. The van der Waals surface area contributed by atoms with Crippen LogP contribution >= 0.6 is 11.6 Å². The average molecular weight is 940 g/mol. The first-order valence-corrected chi connectivity index (χ1v) is 23.4. The number of carbonyl (C=O) groups is 2. The number of halogens is 6. The Hall–Kier alpha value is -5.12. The first kappa shape index (κ1) is 48.8. The highest BCUT2D eigenvalue weighted by Crippen LogP contribution is 2.36. The summed E-state index contributed by atoms with van der Waals surface area (Å²) in [5.74, 6) is -0.785. The molecule has 2 saturated heterocycles. The SMILES string of the molecule is CCCC(C)N1CCC(N(Cc2cccc(C(C)CC(C)N3CCC(N(Cc4ccc5c(c4)OCO5)C(=O)Nc4ccc(F)c(C(F)(F)F)c4)CC3)c2)C(=O)Nc2cccc(Cl)c2F)CC1. The largest absolute Gasteiger partial charge is 0.454 e. The van der Waals surface area contributed by atoms with Gasteiger partial charge in [0, 0.05) is 69.1 Å². The lowest BCUT2D eigenvalue weighted by molar-refractivity contribution is -0.139. The molecule has 3 heterocycles. The van der Waals surface area contributed by atoms with Crippen LogP contribution in [0.2, 0.25) is 5.02 Å². The summed E-state index contributed by atoms with van der Waals surface area (Å²) in [5.41, 5.74) is 1.31. The Labute approximate surface area is 389 Å². The minimum absolute atomic E-state index is 0.0366. The maximum absolute atomic E-state index is 15.0. The lowest BCUT2D eigenvalue weighted by Crippen LogP contribution is -2.50. The fourth-order valence-electron chi connectivity index (χ4n) is 9.64. The van der Waals surface area contributed by atoms with Crippen molar-refractivity contribution >= 4 is 35.0 Å². The molecule has 16 heteroatoms. The number of carbonyl (C=O) groups excluding carboxylic acids is 2. The normalized spacial score (nSPS) is 17.5. The van der Waals surface area contributed by atoms with E-state index in [4.69, 9.17) is 21.1 Å². The van der Waals surface area contributed by atoms with Crippen LogP contribution in [0.4, 0.5) is 42.9 Å². The zero-order valence-electron chi connectivity index (χ0n) is 38.0. The summed E-state index contributed by atoms with van der Waals surface area (Å²) in [6, 6.07) is 20.1. The van der Waals surface area contributed by atoms with Gasteiger partial charge in [-0.1, -0.05) is 68.3 Å². The quantitative estimate of drug-likeness (QED) is 0.115. The van der Waals surface area contributed by atoms with E-state index in [2.05, 4.69) is 60.3 Å². The van der Waals surface area contributed by atoms with Gasteiger partial charge in [-0.25, -0.2) is 18.4 Å². The number of rotatable bonds is 15. The summed E-state index contributed by atoms with van der Waals surface area (Å²) in [7, 11) is 0. The van der Waals surface area contributed by atoms with Gasteiger partial charge in [0.05, 0.1) is 16.3 Å². The number of nitrogens with zero attached hydrogens (tertiary/aromatic N) is 4. The highest BCUT2D eigenvalue weighted by molar-refractivity contribution is 6.31. The number of hydrogen-bond acceptors (Lipinski definition) is 6. The molecule has 0 aliphatic carbocycles. The van der Waals surface area contributed by atoms with Crippen LogP contribution in [0.25, 0.3) is 0 Å². The van der Waals surface area contributed by atoms with Crippen LogP contribution in [0.1, 0.15) is 101 Å². The van der Waals surface area contributed by atoms with E-state index in [1.54, 1.807) is 23.1 Å². The van der Waals surface area contributed by atoms with Gasteiger partial charge in [0.15, 0.2) is 17.3 Å². The van der Waals surface area contributed by atoms with Crippen molar-refractivity contribution in [2.75, 3.05) is 43.6 Å². The molecule has 356 valence electrons. The molecule has 4 aromatic carbocycles. The van der Waals surface area contributed by atoms with E-state index in [0.29, 0.717) is 62.1 Å². The van der Waals surface area contributed by atoms with Crippen molar-refractivity contribution in [1.82, 2.24) is 19.6 Å². The molecule has 3 aliphatic heterocycles. The lowest BCUT2D eigenvalue weighted by Gasteiger charge is -2.41. The molecule has 3 atom stereocenters. The third kappa shape index (κ3) is 12.1. The summed E-state index contributed by atoms with van der Waals surface area (Å²) >= 11 is 6.07. The molecule has 0 radical (unpaired) electrons. The van der Waals surface area contributed by atoms with E-state index < -0.39 is 29.4 Å². The number of likely N-dealkylation sites (tertiary alicyclic amines) is 2. The molecule has 0 aromatic heterocycles. The molecule has 3 unspecified atom stereocenters. The zero-order chi connectivity index (χ0) is 47.1. The van der Waals surface area contributed by atoms with Crippen LogP contribution in [0, 0.1) is 11.6 Å². The van der Waals surface area contributed by atoms with E-state index in [9.17, 15) is 31.5 Å². The van der Waals surface area contributed by atoms with Crippen molar-refractivity contribution in [3.05, 3.63) is 118 Å². The monoisotopic (exact) mass is 938 g/mol. The highest BCUT2D eigenvalue weighted by Gasteiger charge is 2.36. The van der Waals surface area contributed by atoms with Crippen LogP contribution in [0.5, 0.6) is 11.5 Å². The summed E-state index contributed by atoms with van der Waals surface area (Å²) < 4.78 is 80.8. The van der Waals surface area contributed by atoms with Crippen LogP contribution in [0.3, 0.4) is 0 Å². The van der Waals surface area contributed by atoms with Gasteiger partial charge in [0.1, 0.15) is 5.82 Å². The van der Waals surface area contributed by atoms with Gasteiger partial charge in [-0.3, -0.25) is 0 Å². The summed E-state index contributed by atoms with van der Waals surface area (Å²) in [6.45, 7) is 12.6. The topological polar surface area (TPSA) is 89.6 Å². The Morgan fingerprint density at radius 1 is 0.758 bits per heavy atom. The number of alkyl halides is 3. The predicted octanol–water partition coefficient (Wildman–Crippen LogP) is 12.1. The molecule has 66 heavy (non-hydrogen) atoms. The van der Waals surface area contributed by atoms with E-state index in [1.165, 1.54) is 12.1 Å².